The van der Waals surface area contributed by atoms with E-state index in [0.717, 1.165) is 35.2 Å². The third-order valence-corrected chi connectivity index (χ3v) is 3.78. The Morgan fingerprint density at radius 3 is 3.00 bits per heavy atom. The summed E-state index contributed by atoms with van der Waals surface area (Å²) in [6.45, 7) is 0.330. The minimum Gasteiger partial charge on any atom is -0.454 e. The van der Waals surface area contributed by atoms with Gasteiger partial charge in [-0.2, -0.15) is 0 Å². The van der Waals surface area contributed by atoms with E-state index in [1.807, 2.05) is 19.2 Å². The van der Waals surface area contributed by atoms with E-state index in [1.54, 1.807) is 11.3 Å². The molecule has 0 saturated carbocycles. The van der Waals surface area contributed by atoms with Gasteiger partial charge in [0.15, 0.2) is 16.6 Å². The van der Waals surface area contributed by atoms with Crippen LogP contribution in [-0.4, -0.2) is 18.8 Å². The first-order valence-electron chi connectivity index (χ1n) is 5.86. The number of nitrogens with one attached hydrogen (secondary N) is 1. The van der Waals surface area contributed by atoms with Gasteiger partial charge in [0.2, 0.25) is 6.79 Å². The molecule has 0 atom stereocenters. The molecule has 94 valence electrons. The molecule has 1 aliphatic rings. The van der Waals surface area contributed by atoms with Crippen LogP contribution in [0.4, 0.5) is 5.13 Å². The quantitative estimate of drug-likeness (QED) is 0.920. The molecule has 5 heteroatoms. The molecular formula is C13H14N2O2S. The molecule has 0 aliphatic carbocycles. The molecule has 0 bridgehead atoms. The van der Waals surface area contributed by atoms with Crippen molar-refractivity contribution in [3.05, 3.63) is 34.8 Å². The Bertz CT molecular complexity index is 554. The molecule has 4 nitrogen and oxygen atoms in total. The van der Waals surface area contributed by atoms with Gasteiger partial charge >= 0.3 is 0 Å². The SMILES string of the molecule is CNc1nc(CCc2ccc3c(c2)OCO3)cs1. The van der Waals surface area contributed by atoms with Crippen molar-refractivity contribution < 1.29 is 9.47 Å². The van der Waals surface area contributed by atoms with Crippen molar-refractivity contribution in [2.24, 2.45) is 0 Å². The number of aryl methyl sites for hydroxylation is 2. The number of hydrogen-bond acceptors (Lipinski definition) is 5. The largest absolute Gasteiger partial charge is 0.454 e. The lowest BCUT2D eigenvalue weighted by Crippen LogP contribution is -1.93. The maximum atomic E-state index is 5.37. The highest BCUT2D eigenvalue weighted by molar-refractivity contribution is 7.13. The maximum absolute atomic E-state index is 5.37. The highest BCUT2D eigenvalue weighted by atomic mass is 32.1. The highest BCUT2D eigenvalue weighted by Crippen LogP contribution is 2.32. The Morgan fingerprint density at radius 2 is 2.17 bits per heavy atom. The molecule has 0 saturated heterocycles. The number of thiazole rings is 1. The van der Waals surface area contributed by atoms with Crippen molar-refractivity contribution in [3.63, 3.8) is 0 Å². The second kappa shape index (κ2) is 4.86. The van der Waals surface area contributed by atoms with Crippen molar-refractivity contribution in [2.75, 3.05) is 19.2 Å². The van der Waals surface area contributed by atoms with Crippen LogP contribution in [-0.2, 0) is 12.8 Å². The fraction of sp³-hybridized carbons (Fsp3) is 0.308. The molecule has 2 aromatic rings. The maximum Gasteiger partial charge on any atom is 0.231 e. The average molecular weight is 262 g/mol. The summed E-state index contributed by atoms with van der Waals surface area (Å²) in [5.74, 6) is 1.69. The molecule has 18 heavy (non-hydrogen) atoms. The molecule has 1 aromatic heterocycles. The Morgan fingerprint density at radius 1 is 1.28 bits per heavy atom. The van der Waals surface area contributed by atoms with E-state index < -0.39 is 0 Å². The van der Waals surface area contributed by atoms with Gasteiger partial charge in [0.05, 0.1) is 5.69 Å². The zero-order chi connectivity index (χ0) is 12.4. The van der Waals surface area contributed by atoms with Gasteiger partial charge in [-0.1, -0.05) is 6.07 Å². The average Bonchev–Trinajstić information content (AvgIpc) is 3.04. The second-order valence-electron chi connectivity index (χ2n) is 4.08. The minimum absolute atomic E-state index is 0.330. The van der Waals surface area contributed by atoms with Crippen LogP contribution in [0.2, 0.25) is 0 Å². The van der Waals surface area contributed by atoms with E-state index in [0.29, 0.717) is 6.79 Å². The van der Waals surface area contributed by atoms with Gasteiger partial charge in [-0.25, -0.2) is 4.98 Å². The Hall–Kier alpha value is -1.75. The Labute approximate surface area is 110 Å². The summed E-state index contributed by atoms with van der Waals surface area (Å²) < 4.78 is 10.7. The summed E-state index contributed by atoms with van der Waals surface area (Å²) in [5.41, 5.74) is 2.38. The van der Waals surface area contributed by atoms with Gasteiger partial charge in [0.1, 0.15) is 0 Å². The topological polar surface area (TPSA) is 43.4 Å². The highest BCUT2D eigenvalue weighted by Gasteiger charge is 2.13. The number of rotatable bonds is 4. The number of nitrogens with zero attached hydrogens (tertiary/aromatic N) is 1. The van der Waals surface area contributed by atoms with Crippen molar-refractivity contribution in [1.29, 1.82) is 0 Å². The molecule has 1 aliphatic heterocycles. The summed E-state index contributed by atoms with van der Waals surface area (Å²) in [5, 5.41) is 6.11. The van der Waals surface area contributed by atoms with Crippen molar-refractivity contribution >= 4 is 16.5 Å². The number of ether oxygens (including phenoxy) is 2. The molecule has 0 amide bonds. The van der Waals surface area contributed by atoms with Crippen LogP contribution in [0.25, 0.3) is 0 Å². The van der Waals surface area contributed by atoms with Gasteiger partial charge in [-0.15, -0.1) is 11.3 Å². The van der Waals surface area contributed by atoms with E-state index in [-0.39, 0.29) is 0 Å². The molecule has 1 aromatic carbocycles. The third kappa shape index (κ3) is 2.26. The van der Waals surface area contributed by atoms with Gasteiger partial charge in [0.25, 0.3) is 0 Å². The molecule has 3 rings (SSSR count). The molecule has 0 radical (unpaired) electrons. The third-order valence-electron chi connectivity index (χ3n) is 2.87. The summed E-state index contributed by atoms with van der Waals surface area (Å²) >= 11 is 1.64. The van der Waals surface area contributed by atoms with Crippen LogP contribution < -0.4 is 14.8 Å². The number of hydrogen-bond donors (Lipinski definition) is 1. The van der Waals surface area contributed by atoms with E-state index in [2.05, 4.69) is 21.7 Å². The first-order chi connectivity index (χ1) is 8.85. The number of aromatic nitrogens is 1. The molecule has 0 spiro atoms. The summed E-state index contributed by atoms with van der Waals surface area (Å²) in [7, 11) is 1.89. The molecular weight excluding hydrogens is 248 g/mol. The number of fused-ring (bicyclic) bond motifs is 1. The number of benzene rings is 1. The molecule has 0 fully saturated rings. The lowest BCUT2D eigenvalue weighted by Gasteiger charge is -2.01. The second-order valence-corrected chi connectivity index (χ2v) is 4.94. The van der Waals surface area contributed by atoms with Gasteiger partial charge in [-0.3, -0.25) is 0 Å². The smallest absolute Gasteiger partial charge is 0.231 e. The molecule has 2 heterocycles. The minimum atomic E-state index is 0.330. The fourth-order valence-electron chi connectivity index (χ4n) is 1.91. The van der Waals surface area contributed by atoms with Gasteiger partial charge < -0.3 is 14.8 Å². The van der Waals surface area contributed by atoms with E-state index in [1.165, 1.54) is 5.56 Å². The Balaban J connectivity index is 1.66. The lowest BCUT2D eigenvalue weighted by molar-refractivity contribution is 0.174. The van der Waals surface area contributed by atoms with Gasteiger partial charge in [-0.05, 0) is 30.5 Å². The first kappa shape index (κ1) is 11.3. The van der Waals surface area contributed by atoms with Crippen molar-refractivity contribution in [2.45, 2.75) is 12.8 Å². The van der Waals surface area contributed by atoms with E-state index in [4.69, 9.17) is 9.47 Å². The predicted octanol–water partition coefficient (Wildman–Crippen LogP) is 2.70. The predicted molar refractivity (Wildman–Crippen MR) is 71.6 cm³/mol. The molecule has 1 N–H and O–H groups in total. The fourth-order valence-corrected chi connectivity index (χ4v) is 2.61. The molecule has 0 unspecified atom stereocenters. The van der Waals surface area contributed by atoms with E-state index in [9.17, 15) is 0 Å². The van der Waals surface area contributed by atoms with Crippen LogP contribution in [0.1, 0.15) is 11.3 Å². The van der Waals surface area contributed by atoms with Crippen LogP contribution >= 0.6 is 11.3 Å². The standard InChI is InChI=1S/C13H14N2O2S/c1-14-13-15-10(7-18-13)4-2-9-3-5-11-12(6-9)17-8-16-11/h3,5-7H,2,4,8H2,1H3,(H,14,15). The van der Waals surface area contributed by atoms with Crippen LogP contribution in [0.3, 0.4) is 0 Å². The van der Waals surface area contributed by atoms with Gasteiger partial charge in [0, 0.05) is 12.4 Å². The lowest BCUT2D eigenvalue weighted by atomic mass is 10.1. The van der Waals surface area contributed by atoms with Crippen molar-refractivity contribution in [3.8, 4) is 11.5 Å². The zero-order valence-electron chi connectivity index (χ0n) is 10.1. The zero-order valence-corrected chi connectivity index (χ0v) is 10.9. The number of anilines is 1. The first-order valence-corrected chi connectivity index (χ1v) is 6.74. The Kier molecular flexibility index (Phi) is 3.06. The van der Waals surface area contributed by atoms with Crippen molar-refractivity contribution in [1.82, 2.24) is 4.98 Å². The van der Waals surface area contributed by atoms with E-state index >= 15 is 0 Å². The van der Waals surface area contributed by atoms with Crippen LogP contribution in [0, 0.1) is 0 Å². The van der Waals surface area contributed by atoms with Crippen LogP contribution in [0.5, 0.6) is 11.5 Å². The van der Waals surface area contributed by atoms with Crippen LogP contribution in [0.15, 0.2) is 23.6 Å². The summed E-state index contributed by atoms with van der Waals surface area (Å²) in [6, 6.07) is 6.10. The monoisotopic (exact) mass is 262 g/mol. The summed E-state index contributed by atoms with van der Waals surface area (Å²) in [4.78, 5) is 4.47. The summed E-state index contributed by atoms with van der Waals surface area (Å²) in [6.07, 6.45) is 1.90. The normalized spacial score (nSPS) is 12.7.